The normalized spacial score (nSPS) is 17.0. The number of carbonyl (C=O) groups excluding carboxylic acids is 7. The minimum absolute atomic E-state index is 0.0590. The van der Waals surface area contributed by atoms with E-state index in [0.717, 1.165) is 35.5 Å². The molecule has 72 heavy (non-hydrogen) atoms. The summed E-state index contributed by atoms with van der Waals surface area (Å²) in [5, 5.41) is 54.8. The van der Waals surface area contributed by atoms with Crippen molar-refractivity contribution in [3.05, 3.63) is 65.7 Å². The fourth-order valence-electron chi connectivity index (χ4n) is 8.52. The summed E-state index contributed by atoms with van der Waals surface area (Å²) in [5.41, 5.74) is 7.38. The number of aromatic nitrogens is 2. The molecule has 0 radical (unpaired) electrons. The molecule has 1 aliphatic heterocycles. The van der Waals surface area contributed by atoms with Crippen molar-refractivity contribution >= 4 is 41.4 Å². The van der Waals surface area contributed by atoms with Crippen molar-refractivity contribution in [3.8, 4) is 22.6 Å². The van der Waals surface area contributed by atoms with Crippen molar-refractivity contribution in [1.29, 1.82) is 0 Å². The Morgan fingerprint density at radius 1 is 0.778 bits per heavy atom. The molecule has 0 unspecified atom stereocenters. The molecular weight excluding hydrogens is 929 g/mol. The predicted molar refractivity (Wildman–Crippen MR) is 268 cm³/mol. The second kappa shape index (κ2) is 29.7. The van der Waals surface area contributed by atoms with Crippen LogP contribution in [0.2, 0.25) is 0 Å². The van der Waals surface area contributed by atoms with Gasteiger partial charge >= 0.3 is 0 Å². The lowest BCUT2D eigenvalue weighted by atomic mass is 9.93. The summed E-state index contributed by atoms with van der Waals surface area (Å²) in [7, 11) is 2.64. The van der Waals surface area contributed by atoms with E-state index in [0.29, 0.717) is 17.7 Å². The van der Waals surface area contributed by atoms with Gasteiger partial charge in [0.05, 0.1) is 32.1 Å². The Morgan fingerprint density at radius 3 is 1.99 bits per heavy atom. The lowest BCUT2D eigenvalue weighted by Crippen LogP contribution is -2.59. The number of nitrogens with zero attached hydrogens (tertiary/aromatic N) is 3. The van der Waals surface area contributed by atoms with Gasteiger partial charge in [0.1, 0.15) is 35.7 Å². The van der Waals surface area contributed by atoms with E-state index in [-0.39, 0.29) is 53.4 Å². The minimum atomic E-state index is -1.72. The second-order valence-corrected chi connectivity index (χ2v) is 18.6. The van der Waals surface area contributed by atoms with Crippen molar-refractivity contribution in [2.24, 2.45) is 5.73 Å². The van der Waals surface area contributed by atoms with Gasteiger partial charge in [-0.05, 0) is 48.7 Å². The van der Waals surface area contributed by atoms with Crippen LogP contribution in [0.3, 0.4) is 0 Å². The van der Waals surface area contributed by atoms with Crippen LogP contribution >= 0.6 is 0 Å². The van der Waals surface area contributed by atoms with Crippen molar-refractivity contribution in [3.63, 3.8) is 0 Å². The lowest BCUT2D eigenvalue weighted by molar-refractivity contribution is -0.142. The summed E-state index contributed by atoms with van der Waals surface area (Å²) in [6, 6.07) is 2.21. The molecule has 4 rings (SSSR count). The number of likely N-dealkylation sites (N-methyl/N-ethyl adjacent to an activating group) is 2. The molecule has 7 amide bonds. The highest BCUT2D eigenvalue weighted by Crippen LogP contribution is 2.38. The molecular formula is C51H76N10O11. The summed E-state index contributed by atoms with van der Waals surface area (Å²) >= 11 is 0. The number of aromatic amines is 1. The van der Waals surface area contributed by atoms with Crippen LogP contribution in [0.15, 0.2) is 48.9 Å². The first-order chi connectivity index (χ1) is 34.5. The molecule has 1 aliphatic rings. The third-order valence-electron chi connectivity index (χ3n) is 13.0. The Hall–Kier alpha value is -6.58. The Labute approximate surface area is 421 Å². The number of imidazole rings is 1. The highest BCUT2D eigenvalue weighted by Gasteiger charge is 2.34. The van der Waals surface area contributed by atoms with Gasteiger partial charge in [0.15, 0.2) is 6.17 Å². The summed E-state index contributed by atoms with van der Waals surface area (Å²) < 4.78 is 0. The van der Waals surface area contributed by atoms with Gasteiger partial charge in [-0.3, -0.25) is 33.6 Å². The van der Waals surface area contributed by atoms with E-state index in [9.17, 15) is 54.0 Å². The Kier molecular flexibility index (Phi) is 23.9. The molecule has 1 aromatic heterocycles. The number of carbonyl (C=O) groups is 7. The van der Waals surface area contributed by atoms with Gasteiger partial charge in [-0.1, -0.05) is 96.1 Å². The first-order valence-electron chi connectivity index (χ1n) is 25.1. The number of hydrogen-bond acceptors (Lipinski definition) is 13. The molecule has 2 aromatic carbocycles. The van der Waals surface area contributed by atoms with Crippen molar-refractivity contribution < 1.29 is 54.0 Å². The predicted octanol–water partition coefficient (Wildman–Crippen LogP) is 2.07. The fraction of sp³-hybridized carbons (Fsp3) is 0.569. The molecule has 0 saturated heterocycles. The van der Waals surface area contributed by atoms with Crippen LogP contribution in [-0.2, 0) is 46.4 Å². The van der Waals surface area contributed by atoms with E-state index in [1.807, 2.05) is 0 Å². The number of amides is 7. The SMILES string of the molecule is CCCCCCCCCCCCCCCC(=O)N(C)[C@H](CO)C(=O)N[C@H](N)C(=O)NCC(=O)N(C)[C@@H]1C(=O)N[C@@H](C)C(=O)N[C@H](C(=O)N[C@H](CO)Cc2cnc[nH]2)Cc2ccc(O)c(c2)-c2cc1ccc2O. The van der Waals surface area contributed by atoms with Crippen molar-refractivity contribution in [2.45, 2.75) is 153 Å². The van der Waals surface area contributed by atoms with Crippen LogP contribution < -0.4 is 32.3 Å². The molecule has 0 aliphatic carbocycles. The first kappa shape index (κ1) is 58.0. The van der Waals surface area contributed by atoms with Gasteiger partial charge in [-0.15, -0.1) is 0 Å². The van der Waals surface area contributed by atoms with E-state index < -0.39 is 91.6 Å². The molecule has 12 N–H and O–H groups in total. The third-order valence-corrected chi connectivity index (χ3v) is 13.0. The van der Waals surface area contributed by atoms with Gasteiger partial charge in [0.2, 0.25) is 35.4 Å². The summed E-state index contributed by atoms with van der Waals surface area (Å²) in [5.74, 6) is -5.99. The average molecular weight is 1010 g/mol. The Bertz CT molecular complexity index is 2260. The number of phenols is 2. The number of H-pyrrole nitrogens is 1. The van der Waals surface area contributed by atoms with Crippen molar-refractivity contribution in [2.75, 3.05) is 33.9 Å². The number of benzene rings is 2. The zero-order valence-corrected chi connectivity index (χ0v) is 42.1. The molecule has 21 heteroatoms. The molecule has 3 aromatic rings. The summed E-state index contributed by atoms with van der Waals surface area (Å²) in [6.07, 6.45) is 16.5. The maximum absolute atomic E-state index is 14.2. The quantitative estimate of drug-likeness (QED) is 0.0386. The number of aliphatic hydroxyl groups is 2. The second-order valence-electron chi connectivity index (χ2n) is 18.6. The first-order valence-corrected chi connectivity index (χ1v) is 25.1. The van der Waals surface area contributed by atoms with Crippen LogP contribution in [0.25, 0.3) is 11.1 Å². The van der Waals surface area contributed by atoms with Crippen LogP contribution in [0.1, 0.15) is 127 Å². The number of nitrogens with one attached hydrogen (secondary N) is 6. The Morgan fingerprint density at radius 2 is 1.39 bits per heavy atom. The third kappa shape index (κ3) is 17.6. The van der Waals surface area contributed by atoms with Gasteiger partial charge < -0.3 is 67.5 Å². The average Bonchev–Trinajstić information content (AvgIpc) is 3.88. The molecule has 2 heterocycles. The summed E-state index contributed by atoms with van der Waals surface area (Å²) in [6.45, 7) is 1.66. The lowest BCUT2D eigenvalue weighted by Gasteiger charge is -2.30. The highest BCUT2D eigenvalue weighted by atomic mass is 16.3. The smallest absolute Gasteiger partial charge is 0.257 e. The number of aromatic hydroxyl groups is 2. The maximum Gasteiger partial charge on any atom is 0.257 e. The van der Waals surface area contributed by atoms with Crippen LogP contribution in [0.5, 0.6) is 11.5 Å². The number of unbranched alkanes of at least 4 members (excludes halogenated alkanes) is 12. The molecule has 396 valence electrons. The van der Waals surface area contributed by atoms with Crippen LogP contribution in [-0.4, -0.2) is 146 Å². The van der Waals surface area contributed by atoms with E-state index in [2.05, 4.69) is 43.5 Å². The van der Waals surface area contributed by atoms with Crippen LogP contribution in [0.4, 0.5) is 0 Å². The zero-order chi connectivity index (χ0) is 52.7. The molecule has 0 saturated carbocycles. The standard InChI is InChI=1S/C51H76N10O11/c1-5-6-7-8-9-10-11-12-13-14-15-16-17-18-43(66)60(3)40(30-63)49(70)59-46(52)51(72)54-28-44(67)61(4)45-34-20-22-42(65)38(25-34)37-23-33(19-21-41(37)64)24-39(58-47(68)32(2)56-50(45)71)48(69)57-36(29-62)26-35-27-53-31-55-35/h19-23,25,27,31-32,36,39-40,45-46,62-65H,5-18,24,26,28-30,52H2,1-4H3,(H,53,55)(H,54,72)(H,56,71)(H,57,69)(H,58,68)(H,59,70)/t32-,36-,39-,40+,45-,46-/m0/s1. The number of nitrogens with two attached hydrogens (primary N) is 1. The van der Waals surface area contributed by atoms with Gasteiger partial charge in [-0.2, -0.15) is 0 Å². The molecule has 6 atom stereocenters. The van der Waals surface area contributed by atoms with Crippen LogP contribution in [0, 0.1) is 0 Å². The topological polar surface area (TPSA) is 322 Å². The zero-order valence-electron chi connectivity index (χ0n) is 42.1. The Balaban J connectivity index is 1.38. The minimum Gasteiger partial charge on any atom is -0.507 e. The molecule has 0 fully saturated rings. The molecule has 0 spiro atoms. The van der Waals surface area contributed by atoms with E-state index in [4.69, 9.17) is 5.73 Å². The molecule has 4 bridgehead atoms. The number of rotatable bonds is 27. The van der Waals surface area contributed by atoms with E-state index in [1.165, 1.54) is 121 Å². The number of fused-ring (bicyclic) bond motifs is 5. The maximum atomic E-state index is 14.2. The fourth-order valence-corrected chi connectivity index (χ4v) is 8.52. The van der Waals surface area contributed by atoms with Gasteiger partial charge in [0, 0.05) is 56.4 Å². The van der Waals surface area contributed by atoms with Gasteiger partial charge in [-0.25, -0.2) is 4.98 Å². The van der Waals surface area contributed by atoms with E-state index >= 15 is 0 Å². The van der Waals surface area contributed by atoms with Gasteiger partial charge in [0.25, 0.3) is 5.91 Å². The van der Waals surface area contributed by atoms with E-state index in [1.54, 1.807) is 0 Å². The largest absolute Gasteiger partial charge is 0.507 e. The summed E-state index contributed by atoms with van der Waals surface area (Å²) in [4.78, 5) is 104. The van der Waals surface area contributed by atoms with Crippen molar-refractivity contribution in [1.82, 2.24) is 46.4 Å². The number of phenolic OH excluding ortho intramolecular Hbond substituents is 2. The number of aliphatic hydroxyl groups excluding tert-OH is 2. The highest BCUT2D eigenvalue weighted by molar-refractivity contribution is 5.97. The number of hydrogen-bond donors (Lipinski definition) is 11. The monoisotopic (exact) mass is 1000 g/mol. The molecule has 21 nitrogen and oxygen atoms in total.